The van der Waals surface area contributed by atoms with Crippen molar-refractivity contribution >= 4 is 36.3 Å². The van der Waals surface area contributed by atoms with Gasteiger partial charge in [-0.05, 0) is 45.2 Å². The van der Waals surface area contributed by atoms with Gasteiger partial charge in [-0.25, -0.2) is 9.98 Å². The van der Waals surface area contributed by atoms with Crippen LogP contribution < -0.4 is 16.0 Å². The van der Waals surface area contributed by atoms with Gasteiger partial charge in [0.05, 0.1) is 6.20 Å². The van der Waals surface area contributed by atoms with E-state index in [9.17, 15) is 4.79 Å². The molecule has 8 nitrogen and oxygen atoms in total. The van der Waals surface area contributed by atoms with Crippen molar-refractivity contribution in [3.05, 3.63) is 53.1 Å². The van der Waals surface area contributed by atoms with Crippen molar-refractivity contribution in [2.24, 2.45) is 9.98 Å². The summed E-state index contributed by atoms with van der Waals surface area (Å²) in [6.07, 6.45) is 2.95. The van der Waals surface area contributed by atoms with E-state index in [0.29, 0.717) is 28.8 Å². The highest BCUT2D eigenvalue weighted by atomic mass is 16.1. The summed E-state index contributed by atoms with van der Waals surface area (Å²) in [4.78, 5) is 29.1. The highest BCUT2D eigenvalue weighted by Crippen LogP contribution is 2.20. The molecule has 0 radical (unpaired) electrons. The number of carbonyl (C=O) groups excluding carboxylic acids is 1. The van der Waals surface area contributed by atoms with E-state index in [1.807, 2.05) is 32.0 Å². The Kier molecular flexibility index (Phi) is 6.76. The summed E-state index contributed by atoms with van der Waals surface area (Å²) < 4.78 is 0. The number of aryl methyl sites for hydroxylation is 2. The fourth-order valence-electron chi connectivity index (χ4n) is 2.33. The van der Waals surface area contributed by atoms with E-state index in [4.69, 9.17) is 0 Å². The van der Waals surface area contributed by atoms with Crippen LogP contribution in [0.3, 0.4) is 0 Å². The Bertz CT molecular complexity index is 903. The maximum absolute atomic E-state index is 12.6. The molecule has 0 bridgehead atoms. The standard InChI is InChI=1S/C19H23N7O/c1-6-22-17(11-20-4)25-18(27)15-10-14(8-7-12(15)2)24-19-23-13(3)9-16(21-5)26-19/h6-11H,4H2,1-3,5H3,(H,25,27)(H2,21,23,24,26)/b17-11+,22-6-. The molecule has 27 heavy (non-hydrogen) atoms. The van der Waals surface area contributed by atoms with Crippen LogP contribution in [0.15, 0.2) is 46.3 Å². The second-order valence-corrected chi connectivity index (χ2v) is 5.66. The van der Waals surface area contributed by atoms with Crippen LogP contribution in [0.2, 0.25) is 0 Å². The van der Waals surface area contributed by atoms with E-state index >= 15 is 0 Å². The van der Waals surface area contributed by atoms with E-state index in [1.54, 1.807) is 26.3 Å². The number of benzene rings is 1. The van der Waals surface area contributed by atoms with Gasteiger partial charge in [0, 0.05) is 36.3 Å². The molecular formula is C19H23N7O. The number of rotatable bonds is 7. The first-order chi connectivity index (χ1) is 13.0. The molecule has 0 aliphatic rings. The van der Waals surface area contributed by atoms with E-state index in [2.05, 4.69) is 42.6 Å². The third kappa shape index (κ3) is 5.46. The van der Waals surface area contributed by atoms with Crippen molar-refractivity contribution in [2.45, 2.75) is 20.8 Å². The Morgan fingerprint density at radius 3 is 2.67 bits per heavy atom. The molecule has 2 aromatic rings. The van der Waals surface area contributed by atoms with Crippen molar-refractivity contribution in [3.63, 3.8) is 0 Å². The van der Waals surface area contributed by atoms with Gasteiger partial charge in [0.25, 0.3) is 5.91 Å². The van der Waals surface area contributed by atoms with Crippen LogP contribution in [-0.2, 0) is 0 Å². The van der Waals surface area contributed by atoms with Crippen LogP contribution >= 0.6 is 0 Å². The maximum atomic E-state index is 12.6. The smallest absolute Gasteiger partial charge is 0.257 e. The summed E-state index contributed by atoms with van der Waals surface area (Å²) in [7, 11) is 1.79. The van der Waals surface area contributed by atoms with Gasteiger partial charge >= 0.3 is 0 Å². The lowest BCUT2D eigenvalue weighted by Gasteiger charge is -2.11. The third-order valence-corrected chi connectivity index (χ3v) is 3.57. The van der Waals surface area contributed by atoms with Gasteiger partial charge in [0.1, 0.15) is 5.82 Å². The molecule has 0 saturated carbocycles. The molecule has 0 unspecified atom stereocenters. The van der Waals surface area contributed by atoms with Gasteiger partial charge < -0.3 is 16.0 Å². The molecule has 2 rings (SSSR count). The molecule has 0 fully saturated rings. The van der Waals surface area contributed by atoms with Crippen LogP contribution in [-0.4, -0.2) is 35.9 Å². The number of anilines is 3. The summed E-state index contributed by atoms with van der Waals surface area (Å²) in [5.74, 6) is 1.18. The number of nitrogens with one attached hydrogen (secondary N) is 3. The molecule has 1 aromatic heterocycles. The monoisotopic (exact) mass is 365 g/mol. The average Bonchev–Trinajstić information content (AvgIpc) is 2.63. The Morgan fingerprint density at radius 2 is 2.00 bits per heavy atom. The summed E-state index contributed by atoms with van der Waals surface area (Å²) in [5, 5.41) is 8.84. The molecule has 0 aliphatic heterocycles. The molecule has 3 N–H and O–H groups in total. The lowest BCUT2D eigenvalue weighted by atomic mass is 10.1. The predicted molar refractivity (Wildman–Crippen MR) is 110 cm³/mol. The van der Waals surface area contributed by atoms with Gasteiger partial charge in [-0.15, -0.1) is 0 Å². The molecule has 0 spiro atoms. The third-order valence-electron chi connectivity index (χ3n) is 3.57. The lowest BCUT2D eigenvalue weighted by molar-refractivity contribution is 0.0965. The van der Waals surface area contributed by atoms with Gasteiger partial charge in [0.15, 0.2) is 5.82 Å². The minimum Gasteiger partial charge on any atom is -0.373 e. The molecule has 8 heteroatoms. The predicted octanol–water partition coefficient (Wildman–Crippen LogP) is 3.20. The summed E-state index contributed by atoms with van der Waals surface area (Å²) >= 11 is 0. The number of nitrogens with zero attached hydrogens (tertiary/aromatic N) is 4. The topological polar surface area (TPSA) is 104 Å². The van der Waals surface area contributed by atoms with Crippen LogP contribution in [0.1, 0.15) is 28.5 Å². The molecule has 140 valence electrons. The zero-order valence-electron chi connectivity index (χ0n) is 15.9. The molecule has 0 atom stereocenters. The molecule has 1 heterocycles. The maximum Gasteiger partial charge on any atom is 0.257 e. The van der Waals surface area contributed by atoms with Crippen molar-refractivity contribution in [2.75, 3.05) is 17.7 Å². The normalized spacial score (nSPS) is 11.3. The van der Waals surface area contributed by atoms with Crippen molar-refractivity contribution in [1.82, 2.24) is 15.3 Å². The molecule has 0 aliphatic carbocycles. The first kappa shape index (κ1) is 19.8. The fraction of sp³-hybridized carbons (Fsp3) is 0.211. The summed E-state index contributed by atoms with van der Waals surface area (Å²) in [6.45, 7) is 8.88. The molecular weight excluding hydrogens is 342 g/mol. The number of amides is 1. The molecule has 1 aromatic carbocycles. The Labute approximate surface area is 158 Å². The largest absolute Gasteiger partial charge is 0.373 e. The number of hydrogen-bond donors (Lipinski definition) is 3. The van der Waals surface area contributed by atoms with Crippen LogP contribution in [0.25, 0.3) is 0 Å². The van der Waals surface area contributed by atoms with Crippen molar-refractivity contribution in [3.8, 4) is 0 Å². The second-order valence-electron chi connectivity index (χ2n) is 5.66. The Balaban J connectivity index is 2.28. The van der Waals surface area contributed by atoms with E-state index in [1.165, 1.54) is 6.20 Å². The van der Waals surface area contributed by atoms with Crippen LogP contribution in [0.5, 0.6) is 0 Å². The second kappa shape index (κ2) is 9.23. The van der Waals surface area contributed by atoms with Gasteiger partial charge in [-0.3, -0.25) is 9.79 Å². The summed E-state index contributed by atoms with van der Waals surface area (Å²) in [5.41, 5.74) is 2.85. The number of aliphatic imine (C=N–C) groups is 2. The minimum atomic E-state index is -0.294. The van der Waals surface area contributed by atoms with E-state index in [0.717, 1.165) is 11.3 Å². The Hall–Kier alpha value is -3.55. The fourth-order valence-corrected chi connectivity index (χ4v) is 2.33. The van der Waals surface area contributed by atoms with Gasteiger partial charge in [0.2, 0.25) is 5.95 Å². The van der Waals surface area contributed by atoms with Crippen LogP contribution in [0, 0.1) is 13.8 Å². The molecule has 0 saturated heterocycles. The summed E-state index contributed by atoms with van der Waals surface area (Å²) in [6, 6.07) is 7.30. The van der Waals surface area contributed by atoms with Gasteiger partial charge in [-0.2, -0.15) is 4.98 Å². The number of hydrogen-bond acceptors (Lipinski definition) is 7. The zero-order chi connectivity index (χ0) is 19.8. The van der Waals surface area contributed by atoms with E-state index in [-0.39, 0.29) is 5.91 Å². The zero-order valence-corrected chi connectivity index (χ0v) is 15.9. The molecule has 1 amide bonds. The van der Waals surface area contributed by atoms with Crippen LogP contribution in [0.4, 0.5) is 17.5 Å². The lowest BCUT2D eigenvalue weighted by Crippen LogP contribution is -2.23. The first-order valence-corrected chi connectivity index (χ1v) is 8.34. The first-order valence-electron chi connectivity index (χ1n) is 8.34. The van der Waals surface area contributed by atoms with Gasteiger partial charge in [-0.1, -0.05) is 6.07 Å². The number of aromatic nitrogens is 2. The highest BCUT2D eigenvalue weighted by molar-refractivity contribution is 5.97. The van der Waals surface area contributed by atoms with Crippen molar-refractivity contribution in [1.29, 1.82) is 0 Å². The minimum absolute atomic E-state index is 0.294. The van der Waals surface area contributed by atoms with Crippen molar-refractivity contribution < 1.29 is 4.79 Å². The van der Waals surface area contributed by atoms with E-state index < -0.39 is 0 Å². The SMILES string of the molecule is C=N/C=C(\N=C/C)NC(=O)c1cc(Nc2nc(C)cc(NC)n2)ccc1C. The number of carbonyl (C=O) groups is 1. The average molecular weight is 365 g/mol. The Morgan fingerprint density at radius 1 is 1.22 bits per heavy atom. The quantitative estimate of drug-likeness (QED) is 0.654. The highest BCUT2D eigenvalue weighted by Gasteiger charge is 2.12.